The van der Waals surface area contributed by atoms with E-state index in [2.05, 4.69) is 39.2 Å². The van der Waals surface area contributed by atoms with Crippen molar-refractivity contribution < 1.29 is 5.11 Å². The Kier molecular flexibility index (Phi) is 3.78. The highest BCUT2D eigenvalue weighted by atomic mass is 16.3. The summed E-state index contributed by atoms with van der Waals surface area (Å²) in [5.41, 5.74) is 8.43. The van der Waals surface area contributed by atoms with E-state index in [-0.39, 0.29) is 18.1 Å². The lowest BCUT2D eigenvalue weighted by Crippen LogP contribution is -2.26. The molecule has 1 heterocycles. The van der Waals surface area contributed by atoms with Gasteiger partial charge in [0, 0.05) is 11.1 Å². The first-order chi connectivity index (χ1) is 9.25. The van der Waals surface area contributed by atoms with Crippen LogP contribution in [-0.4, -0.2) is 21.3 Å². The molecule has 0 saturated heterocycles. The summed E-state index contributed by atoms with van der Waals surface area (Å²) in [4.78, 5) is 4.77. The van der Waals surface area contributed by atoms with E-state index in [1.54, 1.807) is 0 Å². The highest BCUT2D eigenvalue weighted by Crippen LogP contribution is 2.32. The lowest BCUT2D eigenvalue weighted by molar-refractivity contribution is 0.190. The Labute approximate surface area is 120 Å². The molecule has 2 rings (SSSR count). The molecule has 0 radical (unpaired) electrons. The molecule has 0 bridgehead atoms. The van der Waals surface area contributed by atoms with Crippen molar-refractivity contribution >= 4 is 16.7 Å². The second kappa shape index (κ2) is 5.09. The van der Waals surface area contributed by atoms with Crippen LogP contribution in [0.5, 0.6) is 0 Å². The molecular weight excluding hydrogens is 250 g/mol. The average molecular weight is 275 g/mol. The largest absolute Gasteiger partial charge is 0.399 e. The molecule has 4 nitrogen and oxygen atoms in total. The van der Waals surface area contributed by atoms with Crippen molar-refractivity contribution in [3.05, 3.63) is 24.0 Å². The Morgan fingerprint density at radius 3 is 2.45 bits per heavy atom. The van der Waals surface area contributed by atoms with Crippen LogP contribution in [0.4, 0.5) is 5.69 Å². The number of rotatable bonds is 3. The third kappa shape index (κ3) is 2.52. The van der Waals surface area contributed by atoms with Crippen LogP contribution < -0.4 is 5.73 Å². The summed E-state index contributed by atoms with van der Waals surface area (Å²) in [6, 6.07) is 5.81. The zero-order valence-corrected chi connectivity index (χ0v) is 13.0. The molecule has 0 aliphatic rings. The minimum Gasteiger partial charge on any atom is -0.399 e. The van der Waals surface area contributed by atoms with Gasteiger partial charge in [-0.25, -0.2) is 4.98 Å². The van der Waals surface area contributed by atoms with Crippen LogP contribution in [0, 0.1) is 5.92 Å². The van der Waals surface area contributed by atoms with Gasteiger partial charge in [-0.15, -0.1) is 0 Å². The fourth-order valence-corrected chi connectivity index (χ4v) is 2.57. The summed E-state index contributed by atoms with van der Waals surface area (Å²) in [6.07, 6.45) is 0. The minimum atomic E-state index is -0.0872. The zero-order valence-electron chi connectivity index (χ0n) is 13.0. The number of aliphatic hydroxyl groups is 1. The average Bonchev–Trinajstić information content (AvgIpc) is 2.68. The number of imidazole rings is 1. The van der Waals surface area contributed by atoms with Crippen LogP contribution >= 0.6 is 0 Å². The number of aliphatic hydroxyl groups excluding tert-OH is 1. The minimum absolute atomic E-state index is 0.0258. The molecule has 0 unspecified atom stereocenters. The number of nitrogens with zero attached hydrogens (tertiary/aromatic N) is 2. The quantitative estimate of drug-likeness (QED) is 0.846. The maximum Gasteiger partial charge on any atom is 0.115 e. The molecule has 0 amide bonds. The maximum absolute atomic E-state index is 9.80. The number of nitrogens with two attached hydrogens (primary N) is 1. The van der Waals surface area contributed by atoms with Gasteiger partial charge in [-0.05, 0) is 24.1 Å². The highest BCUT2D eigenvalue weighted by molar-refractivity contribution is 5.80. The first-order valence-corrected chi connectivity index (χ1v) is 7.14. The number of hydrogen-bond donors (Lipinski definition) is 2. The molecule has 0 fully saturated rings. The molecule has 0 aliphatic heterocycles. The molecule has 0 saturated carbocycles. The predicted molar refractivity (Wildman–Crippen MR) is 83.8 cm³/mol. The normalized spacial score (nSPS) is 14.2. The predicted octanol–water partition coefficient (Wildman–Crippen LogP) is 3.11. The number of aromatic nitrogens is 2. The van der Waals surface area contributed by atoms with E-state index in [0.717, 1.165) is 16.9 Å². The molecule has 1 aromatic heterocycles. The van der Waals surface area contributed by atoms with Gasteiger partial charge in [0.05, 0.1) is 23.7 Å². The number of fused-ring (bicyclic) bond motifs is 1. The molecule has 110 valence electrons. The van der Waals surface area contributed by atoms with Crippen molar-refractivity contribution in [2.75, 3.05) is 12.3 Å². The smallest absolute Gasteiger partial charge is 0.115 e. The molecule has 20 heavy (non-hydrogen) atoms. The summed E-state index contributed by atoms with van der Waals surface area (Å²) in [6.45, 7) is 10.8. The van der Waals surface area contributed by atoms with E-state index >= 15 is 0 Å². The van der Waals surface area contributed by atoms with Gasteiger partial charge in [0.25, 0.3) is 0 Å². The fourth-order valence-electron chi connectivity index (χ4n) is 2.57. The topological polar surface area (TPSA) is 64.1 Å². The summed E-state index contributed by atoms with van der Waals surface area (Å²) in [5.74, 6) is 1.32. The molecule has 4 heteroatoms. The van der Waals surface area contributed by atoms with Crippen molar-refractivity contribution in [1.82, 2.24) is 9.55 Å². The van der Waals surface area contributed by atoms with Crippen LogP contribution in [0.25, 0.3) is 11.0 Å². The number of nitrogen functional groups attached to an aromatic ring is 1. The molecule has 1 aromatic carbocycles. The lowest BCUT2D eigenvalue weighted by atomic mass is 9.94. The van der Waals surface area contributed by atoms with E-state index in [4.69, 9.17) is 10.7 Å². The lowest BCUT2D eigenvalue weighted by Gasteiger charge is -2.28. The molecule has 3 N–H and O–H groups in total. The van der Waals surface area contributed by atoms with Crippen LogP contribution in [0.2, 0.25) is 0 Å². The first-order valence-electron chi connectivity index (χ1n) is 7.14. The van der Waals surface area contributed by atoms with E-state index < -0.39 is 0 Å². The maximum atomic E-state index is 9.80. The second-order valence-corrected chi connectivity index (χ2v) is 6.80. The molecule has 0 aliphatic carbocycles. The monoisotopic (exact) mass is 275 g/mol. The Balaban J connectivity index is 2.77. The second-order valence-electron chi connectivity index (χ2n) is 6.80. The Bertz CT molecular complexity index is 608. The molecule has 1 atom stereocenters. The van der Waals surface area contributed by atoms with E-state index in [1.165, 1.54) is 0 Å². The molecular formula is C16H25N3O. The Morgan fingerprint density at radius 1 is 1.30 bits per heavy atom. The van der Waals surface area contributed by atoms with Gasteiger partial charge in [0.15, 0.2) is 0 Å². The Hall–Kier alpha value is -1.55. The van der Waals surface area contributed by atoms with E-state index in [0.29, 0.717) is 11.6 Å². The van der Waals surface area contributed by atoms with Gasteiger partial charge in [0.1, 0.15) is 5.82 Å². The third-order valence-electron chi connectivity index (χ3n) is 3.67. The van der Waals surface area contributed by atoms with Gasteiger partial charge >= 0.3 is 0 Å². The highest BCUT2D eigenvalue weighted by Gasteiger charge is 2.28. The van der Waals surface area contributed by atoms with Crippen molar-refractivity contribution in [2.24, 2.45) is 5.92 Å². The van der Waals surface area contributed by atoms with E-state index in [1.807, 2.05) is 18.2 Å². The standard InChI is InChI=1S/C16H25N3O/c1-10(2)14(9-20)19-13-7-6-11(17)8-12(13)18-15(19)16(3,4)5/h6-8,10,14,20H,9,17H2,1-5H3/t14-/m0/s1. The van der Waals surface area contributed by atoms with Gasteiger partial charge in [-0.3, -0.25) is 0 Å². The van der Waals surface area contributed by atoms with E-state index in [9.17, 15) is 5.11 Å². The van der Waals surface area contributed by atoms with Gasteiger partial charge < -0.3 is 15.4 Å². The van der Waals surface area contributed by atoms with Gasteiger partial charge in [-0.1, -0.05) is 34.6 Å². The number of hydrogen-bond acceptors (Lipinski definition) is 3. The van der Waals surface area contributed by atoms with Crippen molar-refractivity contribution in [1.29, 1.82) is 0 Å². The van der Waals surface area contributed by atoms with Crippen LogP contribution in [0.15, 0.2) is 18.2 Å². The van der Waals surface area contributed by atoms with Gasteiger partial charge in [0.2, 0.25) is 0 Å². The van der Waals surface area contributed by atoms with Crippen molar-refractivity contribution in [3.63, 3.8) is 0 Å². The number of benzene rings is 1. The molecule has 0 spiro atoms. The summed E-state index contributed by atoms with van der Waals surface area (Å²) in [7, 11) is 0. The SMILES string of the molecule is CC(C)[C@H](CO)n1c(C(C)(C)C)nc2cc(N)ccc21. The van der Waals surface area contributed by atoms with Crippen LogP contribution in [-0.2, 0) is 5.41 Å². The zero-order chi connectivity index (χ0) is 15.1. The fraction of sp³-hybridized carbons (Fsp3) is 0.562. The first kappa shape index (κ1) is 14.9. The van der Waals surface area contributed by atoms with Crippen LogP contribution in [0.3, 0.4) is 0 Å². The van der Waals surface area contributed by atoms with Crippen LogP contribution in [0.1, 0.15) is 46.5 Å². The number of anilines is 1. The molecule has 2 aromatic rings. The summed E-state index contributed by atoms with van der Waals surface area (Å²) < 4.78 is 2.18. The van der Waals surface area contributed by atoms with Gasteiger partial charge in [-0.2, -0.15) is 0 Å². The third-order valence-corrected chi connectivity index (χ3v) is 3.67. The summed E-state index contributed by atoms with van der Waals surface area (Å²) >= 11 is 0. The van der Waals surface area contributed by atoms with Crippen molar-refractivity contribution in [2.45, 2.75) is 46.1 Å². The summed E-state index contributed by atoms with van der Waals surface area (Å²) in [5, 5.41) is 9.80. The van der Waals surface area contributed by atoms with Crippen molar-refractivity contribution in [3.8, 4) is 0 Å². The Morgan fingerprint density at radius 2 is 1.95 bits per heavy atom.